The number of carboxylic acids is 1. The van der Waals surface area contributed by atoms with Crippen molar-refractivity contribution in [2.24, 2.45) is 0 Å². The molecule has 0 saturated carbocycles. The summed E-state index contributed by atoms with van der Waals surface area (Å²) in [5.74, 6) is -0.904. The van der Waals surface area contributed by atoms with Crippen molar-refractivity contribution in [1.29, 1.82) is 0 Å². The second kappa shape index (κ2) is 4.61. The van der Waals surface area contributed by atoms with Gasteiger partial charge >= 0.3 is 5.97 Å². The van der Waals surface area contributed by atoms with Crippen LogP contribution in [0.4, 0.5) is 0 Å². The van der Waals surface area contributed by atoms with Crippen LogP contribution in [0.3, 0.4) is 0 Å². The van der Waals surface area contributed by atoms with Crippen molar-refractivity contribution in [2.45, 2.75) is 6.42 Å². The summed E-state index contributed by atoms with van der Waals surface area (Å²) in [4.78, 5) is 10.9. The number of hydrogen-bond acceptors (Lipinski definition) is 2. The molecule has 0 aliphatic heterocycles. The van der Waals surface area contributed by atoms with Crippen molar-refractivity contribution < 1.29 is 14.3 Å². The van der Waals surface area contributed by atoms with Crippen LogP contribution >= 0.6 is 0 Å². The van der Waals surface area contributed by atoms with Gasteiger partial charge in [-0.25, -0.2) is 4.79 Å². The van der Waals surface area contributed by atoms with Gasteiger partial charge in [0.1, 0.15) is 5.58 Å². The van der Waals surface area contributed by atoms with E-state index in [2.05, 4.69) is 0 Å². The number of carbonyl (C=O) groups is 1. The lowest BCUT2D eigenvalue weighted by Gasteiger charge is -2.01. The summed E-state index contributed by atoms with van der Waals surface area (Å²) in [6, 6.07) is 14.8. The molecule has 0 fully saturated rings. The third-order valence-electron chi connectivity index (χ3n) is 3.13. The smallest absolute Gasteiger partial charge is 0.335 e. The molecule has 1 N–H and O–H groups in total. The van der Waals surface area contributed by atoms with Crippen LogP contribution in [0.2, 0.25) is 0 Å². The van der Waals surface area contributed by atoms with E-state index in [0.717, 1.165) is 22.1 Å². The molecular formula is C16H12O3. The number of furan rings is 1. The van der Waals surface area contributed by atoms with Crippen molar-refractivity contribution in [3.63, 3.8) is 0 Å². The highest BCUT2D eigenvalue weighted by Crippen LogP contribution is 2.23. The van der Waals surface area contributed by atoms with Gasteiger partial charge in [0.2, 0.25) is 0 Å². The summed E-state index contributed by atoms with van der Waals surface area (Å²) in [7, 11) is 0. The largest absolute Gasteiger partial charge is 0.478 e. The lowest BCUT2D eigenvalue weighted by Crippen LogP contribution is -1.97. The molecule has 0 spiro atoms. The second-order valence-corrected chi connectivity index (χ2v) is 4.44. The van der Waals surface area contributed by atoms with E-state index in [-0.39, 0.29) is 0 Å². The topological polar surface area (TPSA) is 50.4 Å². The van der Waals surface area contributed by atoms with Crippen LogP contribution in [-0.4, -0.2) is 11.1 Å². The molecule has 0 atom stereocenters. The van der Waals surface area contributed by atoms with E-state index < -0.39 is 5.97 Å². The Kier molecular flexibility index (Phi) is 2.80. The minimum atomic E-state index is -0.904. The Labute approximate surface area is 110 Å². The molecule has 0 amide bonds. The van der Waals surface area contributed by atoms with E-state index in [1.54, 1.807) is 24.5 Å². The van der Waals surface area contributed by atoms with Crippen molar-refractivity contribution in [1.82, 2.24) is 0 Å². The molecule has 0 aliphatic carbocycles. The van der Waals surface area contributed by atoms with Crippen LogP contribution in [0, 0.1) is 0 Å². The van der Waals surface area contributed by atoms with Gasteiger partial charge in [-0.1, -0.05) is 30.3 Å². The lowest BCUT2D eigenvalue weighted by atomic mass is 10.0. The van der Waals surface area contributed by atoms with Crippen LogP contribution in [0.25, 0.3) is 11.0 Å². The zero-order chi connectivity index (χ0) is 13.2. The number of hydrogen-bond donors (Lipinski definition) is 1. The fraction of sp³-hybridized carbons (Fsp3) is 0.0625. The number of aromatic carboxylic acids is 1. The predicted molar refractivity (Wildman–Crippen MR) is 72.4 cm³/mol. The quantitative estimate of drug-likeness (QED) is 0.772. The average molecular weight is 252 g/mol. The van der Waals surface area contributed by atoms with Gasteiger partial charge < -0.3 is 9.52 Å². The fourth-order valence-electron chi connectivity index (χ4n) is 2.20. The summed E-state index contributed by atoms with van der Waals surface area (Å²) in [6.07, 6.45) is 2.40. The van der Waals surface area contributed by atoms with Gasteiger partial charge in [0.25, 0.3) is 0 Å². The molecule has 94 valence electrons. The summed E-state index contributed by atoms with van der Waals surface area (Å²) in [6.45, 7) is 0. The minimum absolute atomic E-state index is 0.310. The number of rotatable bonds is 3. The van der Waals surface area contributed by atoms with E-state index in [9.17, 15) is 4.79 Å². The molecule has 0 aliphatic rings. The average Bonchev–Trinajstić information content (AvgIpc) is 2.83. The Bertz CT molecular complexity index is 740. The monoisotopic (exact) mass is 252 g/mol. The molecule has 0 bridgehead atoms. The van der Waals surface area contributed by atoms with Crippen LogP contribution in [0.15, 0.2) is 59.2 Å². The molecule has 1 heterocycles. The van der Waals surface area contributed by atoms with Gasteiger partial charge in [-0.2, -0.15) is 0 Å². The van der Waals surface area contributed by atoms with Crippen LogP contribution < -0.4 is 0 Å². The maximum absolute atomic E-state index is 10.9. The van der Waals surface area contributed by atoms with Gasteiger partial charge in [0.05, 0.1) is 11.8 Å². The normalized spacial score (nSPS) is 10.7. The van der Waals surface area contributed by atoms with Crippen LogP contribution in [0.5, 0.6) is 0 Å². The molecule has 0 saturated heterocycles. The molecule has 19 heavy (non-hydrogen) atoms. The van der Waals surface area contributed by atoms with Crippen molar-refractivity contribution in [3.05, 3.63) is 71.5 Å². The summed E-state index contributed by atoms with van der Waals surface area (Å²) in [5, 5.41) is 10.1. The van der Waals surface area contributed by atoms with Gasteiger partial charge in [-0.15, -0.1) is 0 Å². The number of para-hydroxylation sites is 1. The Morgan fingerprint density at radius 2 is 1.95 bits per heavy atom. The highest BCUT2D eigenvalue weighted by molar-refractivity contribution is 5.88. The Morgan fingerprint density at radius 3 is 2.79 bits per heavy atom. The standard InChI is InChI=1S/C16H12O3/c17-16(18)12-5-3-4-11(8-12)9-13-10-19-15-7-2-1-6-14(13)15/h1-8,10H,9H2,(H,17,18). The minimum Gasteiger partial charge on any atom is -0.478 e. The maximum atomic E-state index is 10.9. The van der Waals surface area contributed by atoms with Crippen molar-refractivity contribution in [2.75, 3.05) is 0 Å². The molecular weight excluding hydrogens is 240 g/mol. The predicted octanol–water partition coefficient (Wildman–Crippen LogP) is 3.72. The first-order valence-electron chi connectivity index (χ1n) is 6.01. The Morgan fingerprint density at radius 1 is 1.11 bits per heavy atom. The van der Waals surface area contributed by atoms with Gasteiger partial charge in [-0.3, -0.25) is 0 Å². The van der Waals surface area contributed by atoms with Crippen LogP contribution in [0.1, 0.15) is 21.5 Å². The van der Waals surface area contributed by atoms with Gasteiger partial charge in [0, 0.05) is 17.4 Å². The molecule has 3 rings (SSSR count). The van der Waals surface area contributed by atoms with Crippen molar-refractivity contribution >= 4 is 16.9 Å². The fourth-order valence-corrected chi connectivity index (χ4v) is 2.20. The zero-order valence-electron chi connectivity index (χ0n) is 10.2. The Balaban J connectivity index is 1.97. The van der Waals surface area contributed by atoms with Gasteiger partial charge in [0.15, 0.2) is 0 Å². The first-order chi connectivity index (χ1) is 9.24. The zero-order valence-corrected chi connectivity index (χ0v) is 10.2. The molecule has 2 aromatic carbocycles. The molecule has 3 aromatic rings. The number of fused-ring (bicyclic) bond motifs is 1. The van der Waals surface area contributed by atoms with E-state index in [1.165, 1.54) is 0 Å². The van der Waals surface area contributed by atoms with E-state index in [4.69, 9.17) is 9.52 Å². The SMILES string of the molecule is O=C(O)c1cccc(Cc2coc3ccccc23)c1. The van der Waals surface area contributed by atoms with E-state index in [0.29, 0.717) is 12.0 Å². The molecule has 3 nitrogen and oxygen atoms in total. The third kappa shape index (κ3) is 2.22. The molecule has 1 aromatic heterocycles. The highest BCUT2D eigenvalue weighted by Gasteiger charge is 2.08. The molecule has 3 heteroatoms. The maximum Gasteiger partial charge on any atom is 0.335 e. The van der Waals surface area contributed by atoms with E-state index in [1.807, 2.05) is 30.3 Å². The summed E-state index contributed by atoms with van der Waals surface area (Å²) < 4.78 is 5.48. The van der Waals surface area contributed by atoms with Crippen LogP contribution in [-0.2, 0) is 6.42 Å². The number of carboxylic acid groups (broad SMARTS) is 1. The first kappa shape index (κ1) is 11.5. The molecule has 0 radical (unpaired) electrons. The third-order valence-corrected chi connectivity index (χ3v) is 3.13. The van der Waals surface area contributed by atoms with Gasteiger partial charge in [-0.05, 0) is 23.8 Å². The Hall–Kier alpha value is -2.55. The molecule has 0 unspecified atom stereocenters. The second-order valence-electron chi connectivity index (χ2n) is 4.44. The summed E-state index contributed by atoms with van der Waals surface area (Å²) in [5.41, 5.74) is 3.20. The first-order valence-corrected chi connectivity index (χ1v) is 6.01. The van der Waals surface area contributed by atoms with E-state index >= 15 is 0 Å². The summed E-state index contributed by atoms with van der Waals surface area (Å²) >= 11 is 0. The highest BCUT2D eigenvalue weighted by atomic mass is 16.4. The van der Waals surface area contributed by atoms with Crippen molar-refractivity contribution in [3.8, 4) is 0 Å². The number of benzene rings is 2. The lowest BCUT2D eigenvalue weighted by molar-refractivity contribution is 0.0697.